The van der Waals surface area contributed by atoms with Crippen LogP contribution >= 0.6 is 0 Å². The molecule has 0 aliphatic carbocycles. The van der Waals surface area contributed by atoms with Gasteiger partial charge in [-0.3, -0.25) is 14.5 Å². The Bertz CT molecular complexity index is 1500. The molecule has 2 aromatic heterocycles. The maximum atomic E-state index is 14.0. The molecule has 34 heavy (non-hydrogen) atoms. The van der Waals surface area contributed by atoms with Crippen LogP contribution in [-0.2, 0) is 0 Å². The lowest BCUT2D eigenvalue weighted by Crippen LogP contribution is -2.30. The van der Waals surface area contributed by atoms with Crippen molar-refractivity contribution in [2.24, 2.45) is 0 Å². The summed E-state index contributed by atoms with van der Waals surface area (Å²) in [7, 11) is 1.51. The lowest BCUT2D eigenvalue weighted by atomic mass is 9.98. The predicted octanol–water partition coefficient (Wildman–Crippen LogP) is 4.79. The van der Waals surface area contributed by atoms with Crippen LogP contribution in [0, 0.1) is 12.7 Å². The normalized spacial score (nSPS) is 15.0. The molecule has 0 spiro atoms. The summed E-state index contributed by atoms with van der Waals surface area (Å²) in [6.45, 7) is 4.12. The molecule has 0 unspecified atom stereocenters. The molecule has 1 atom stereocenters. The molecule has 0 fully saturated rings. The van der Waals surface area contributed by atoms with Crippen LogP contribution in [0.25, 0.3) is 11.0 Å². The van der Waals surface area contributed by atoms with Gasteiger partial charge in [-0.05, 0) is 61.9 Å². The van der Waals surface area contributed by atoms with E-state index >= 15 is 0 Å². The number of aryl methyl sites for hydroxylation is 1. The van der Waals surface area contributed by atoms with Crippen molar-refractivity contribution in [3.05, 3.63) is 93.2 Å². The van der Waals surface area contributed by atoms with Crippen LogP contribution in [0.1, 0.15) is 40.3 Å². The predicted molar refractivity (Wildman–Crippen MR) is 124 cm³/mol. The zero-order valence-electron chi connectivity index (χ0n) is 18.8. The first kappa shape index (κ1) is 21.6. The van der Waals surface area contributed by atoms with Gasteiger partial charge in [0.2, 0.25) is 5.76 Å². The molecule has 0 N–H and O–H groups in total. The van der Waals surface area contributed by atoms with E-state index in [0.29, 0.717) is 35.2 Å². The summed E-state index contributed by atoms with van der Waals surface area (Å²) in [5, 5.41) is 0.0634. The Morgan fingerprint density at radius 1 is 1.09 bits per heavy atom. The summed E-state index contributed by atoms with van der Waals surface area (Å²) < 4.78 is 30.9. The number of carbonyl (C=O) groups is 1. The van der Waals surface area contributed by atoms with Crippen LogP contribution in [0.2, 0.25) is 0 Å². The molecule has 2 aromatic carbocycles. The number of amides is 1. The first-order valence-electron chi connectivity index (χ1n) is 10.8. The van der Waals surface area contributed by atoms with Gasteiger partial charge in [-0.15, -0.1) is 0 Å². The average molecular weight is 460 g/mol. The van der Waals surface area contributed by atoms with Gasteiger partial charge in [0.25, 0.3) is 5.91 Å². The molecule has 0 saturated carbocycles. The minimum absolute atomic E-state index is 0.0634. The van der Waals surface area contributed by atoms with Crippen molar-refractivity contribution in [2.45, 2.75) is 19.9 Å². The molecule has 1 aliphatic heterocycles. The number of nitrogens with zero attached hydrogens (tertiary/aromatic N) is 2. The number of halogens is 1. The summed E-state index contributed by atoms with van der Waals surface area (Å²) in [5.41, 5.74) is 1.09. The molecule has 172 valence electrons. The van der Waals surface area contributed by atoms with Crippen LogP contribution < -0.4 is 19.8 Å². The molecule has 4 aromatic rings. The maximum Gasteiger partial charge on any atom is 0.296 e. The third kappa shape index (κ3) is 3.39. The van der Waals surface area contributed by atoms with Crippen LogP contribution in [0.5, 0.6) is 11.5 Å². The summed E-state index contributed by atoms with van der Waals surface area (Å²) >= 11 is 0. The molecule has 0 radical (unpaired) electrons. The lowest BCUT2D eigenvalue weighted by Gasteiger charge is -2.25. The first-order valence-corrected chi connectivity index (χ1v) is 10.8. The number of pyridine rings is 1. The average Bonchev–Trinajstić information content (AvgIpc) is 3.12. The number of hydrogen-bond acceptors (Lipinski definition) is 6. The maximum absolute atomic E-state index is 14.0. The quantitative estimate of drug-likeness (QED) is 0.426. The van der Waals surface area contributed by atoms with Gasteiger partial charge in [0.1, 0.15) is 17.2 Å². The van der Waals surface area contributed by atoms with Crippen LogP contribution in [0.4, 0.5) is 10.2 Å². The zero-order chi connectivity index (χ0) is 24.0. The van der Waals surface area contributed by atoms with E-state index in [-0.39, 0.29) is 22.3 Å². The van der Waals surface area contributed by atoms with E-state index in [1.54, 1.807) is 30.3 Å². The van der Waals surface area contributed by atoms with Crippen molar-refractivity contribution in [1.82, 2.24) is 4.98 Å². The highest BCUT2D eigenvalue weighted by atomic mass is 19.1. The molecule has 7 nitrogen and oxygen atoms in total. The molecular weight excluding hydrogens is 439 g/mol. The van der Waals surface area contributed by atoms with Gasteiger partial charge in [0.05, 0.1) is 30.7 Å². The number of anilines is 1. The number of fused-ring (bicyclic) bond motifs is 2. The molecule has 3 heterocycles. The first-order chi connectivity index (χ1) is 16.4. The van der Waals surface area contributed by atoms with E-state index in [1.165, 1.54) is 24.1 Å². The van der Waals surface area contributed by atoms with Gasteiger partial charge in [0.15, 0.2) is 16.9 Å². The Hall–Kier alpha value is -4.20. The minimum Gasteiger partial charge on any atom is -0.493 e. The number of hydrogen-bond donors (Lipinski definition) is 0. The highest BCUT2D eigenvalue weighted by Gasteiger charge is 2.44. The fraction of sp³-hybridized carbons (Fsp3) is 0.192. The molecule has 5 rings (SSSR count). The summed E-state index contributed by atoms with van der Waals surface area (Å²) in [6.07, 6.45) is 0. The van der Waals surface area contributed by atoms with E-state index in [9.17, 15) is 14.0 Å². The molecule has 0 bridgehead atoms. The second-order valence-corrected chi connectivity index (χ2v) is 7.87. The third-order valence-corrected chi connectivity index (χ3v) is 5.76. The SMILES string of the molecule is CCOc1ccc([C@@H]2c3c(oc4ccc(F)cc4c3=O)C(=O)N2c2cccc(C)n2)cc1OC. The molecule has 8 heteroatoms. The summed E-state index contributed by atoms with van der Waals surface area (Å²) in [4.78, 5) is 33.1. The van der Waals surface area contributed by atoms with Gasteiger partial charge in [0, 0.05) is 5.69 Å². The van der Waals surface area contributed by atoms with Crippen LogP contribution in [0.3, 0.4) is 0 Å². The fourth-order valence-corrected chi connectivity index (χ4v) is 4.29. The Balaban J connectivity index is 1.80. The van der Waals surface area contributed by atoms with E-state index in [2.05, 4.69) is 4.98 Å². The highest BCUT2D eigenvalue weighted by Crippen LogP contribution is 2.42. The number of carbonyl (C=O) groups excluding carboxylic acids is 1. The Morgan fingerprint density at radius 3 is 2.65 bits per heavy atom. The van der Waals surface area contributed by atoms with Gasteiger partial charge >= 0.3 is 0 Å². The largest absolute Gasteiger partial charge is 0.493 e. The standard InChI is InChI=1S/C26H21FN2O5/c1-4-33-19-10-8-15(12-20(19)32-3)23-22-24(30)17-13-16(27)9-11-18(17)34-25(22)26(31)29(23)21-7-5-6-14(2)28-21/h5-13,23H,4H2,1-3H3/t23-/m1/s1. The number of aromatic nitrogens is 1. The lowest BCUT2D eigenvalue weighted by molar-refractivity contribution is 0.0970. The molecular formula is C26H21FN2O5. The zero-order valence-corrected chi connectivity index (χ0v) is 18.8. The number of methoxy groups -OCH3 is 1. The van der Waals surface area contributed by atoms with Crippen molar-refractivity contribution in [1.29, 1.82) is 0 Å². The Labute approximate surface area is 194 Å². The van der Waals surface area contributed by atoms with Gasteiger partial charge < -0.3 is 13.9 Å². The van der Waals surface area contributed by atoms with Crippen molar-refractivity contribution >= 4 is 22.7 Å². The van der Waals surface area contributed by atoms with E-state index in [0.717, 1.165) is 6.07 Å². The Kier molecular flexibility index (Phi) is 5.28. The second-order valence-electron chi connectivity index (χ2n) is 7.87. The van der Waals surface area contributed by atoms with E-state index in [4.69, 9.17) is 13.9 Å². The van der Waals surface area contributed by atoms with Crippen molar-refractivity contribution in [2.75, 3.05) is 18.6 Å². The van der Waals surface area contributed by atoms with Crippen molar-refractivity contribution < 1.29 is 23.1 Å². The van der Waals surface area contributed by atoms with Gasteiger partial charge in [-0.25, -0.2) is 9.37 Å². The number of ether oxygens (including phenoxy) is 2. The Morgan fingerprint density at radius 2 is 1.91 bits per heavy atom. The summed E-state index contributed by atoms with van der Waals surface area (Å²) in [6, 6.07) is 13.3. The van der Waals surface area contributed by atoms with Crippen molar-refractivity contribution in [3.8, 4) is 11.5 Å². The smallest absolute Gasteiger partial charge is 0.296 e. The number of benzene rings is 2. The number of rotatable bonds is 5. The summed E-state index contributed by atoms with van der Waals surface area (Å²) in [5.74, 6) is 0.184. The second kappa shape index (κ2) is 8.30. The topological polar surface area (TPSA) is 81.9 Å². The minimum atomic E-state index is -0.856. The van der Waals surface area contributed by atoms with Crippen LogP contribution in [-0.4, -0.2) is 24.6 Å². The fourth-order valence-electron chi connectivity index (χ4n) is 4.29. The van der Waals surface area contributed by atoms with Crippen molar-refractivity contribution in [3.63, 3.8) is 0 Å². The third-order valence-electron chi connectivity index (χ3n) is 5.76. The molecule has 1 aliphatic rings. The molecule has 1 amide bonds. The van der Waals surface area contributed by atoms with Crippen LogP contribution in [0.15, 0.2) is 63.8 Å². The monoisotopic (exact) mass is 460 g/mol. The van der Waals surface area contributed by atoms with Gasteiger partial charge in [-0.2, -0.15) is 0 Å². The van der Waals surface area contributed by atoms with E-state index < -0.39 is 23.2 Å². The van der Waals surface area contributed by atoms with Gasteiger partial charge in [-0.1, -0.05) is 12.1 Å². The van der Waals surface area contributed by atoms with E-state index in [1.807, 2.05) is 19.9 Å². The highest BCUT2D eigenvalue weighted by molar-refractivity contribution is 6.10. The molecule has 0 saturated heterocycles.